The highest BCUT2D eigenvalue weighted by atomic mass is 16.1. The van der Waals surface area contributed by atoms with Gasteiger partial charge in [-0.15, -0.1) is 0 Å². The Balaban J connectivity index is 1.56. The average molecular weight is 325 g/mol. The predicted molar refractivity (Wildman–Crippen MR) is 98.1 cm³/mol. The molecule has 0 aliphatic heterocycles. The molecular formula is C22H17N2O+. The topological polar surface area (TPSA) is 33.8 Å². The fourth-order valence-electron chi connectivity index (χ4n) is 2.88. The third-order valence-electron chi connectivity index (χ3n) is 4.24. The van der Waals surface area contributed by atoms with Gasteiger partial charge in [0.25, 0.3) is 6.33 Å². The van der Waals surface area contributed by atoms with E-state index in [2.05, 4.69) is 35.3 Å². The van der Waals surface area contributed by atoms with Gasteiger partial charge in [-0.05, 0) is 27.9 Å². The summed E-state index contributed by atoms with van der Waals surface area (Å²) in [6, 6.07) is 25.8. The Hall–Kier alpha value is -3.33. The number of benzene rings is 3. The predicted octanol–water partition coefficient (Wildman–Crippen LogP) is 4.07. The van der Waals surface area contributed by atoms with Crippen LogP contribution in [0.5, 0.6) is 0 Å². The number of aromatic nitrogens is 2. The largest absolute Gasteiger partial charge is 0.290 e. The van der Waals surface area contributed by atoms with Gasteiger partial charge in [0, 0.05) is 17.2 Å². The maximum Gasteiger partial charge on any atom is 0.287 e. The molecule has 4 rings (SSSR count). The molecule has 0 aliphatic carbocycles. The molecular weight excluding hydrogens is 308 g/mol. The Morgan fingerprint density at radius 1 is 0.840 bits per heavy atom. The van der Waals surface area contributed by atoms with Crippen LogP contribution in [0.2, 0.25) is 0 Å². The zero-order valence-electron chi connectivity index (χ0n) is 13.7. The van der Waals surface area contributed by atoms with Gasteiger partial charge >= 0.3 is 0 Å². The molecule has 4 aromatic rings. The van der Waals surface area contributed by atoms with Gasteiger partial charge in [0.15, 0.2) is 12.2 Å². The number of carbonyl (C=O) groups excluding carboxylic acids is 1. The van der Waals surface area contributed by atoms with Gasteiger partial charge in [0.2, 0.25) is 5.78 Å². The maximum absolute atomic E-state index is 12.3. The summed E-state index contributed by atoms with van der Waals surface area (Å²) in [6.07, 6.45) is 3.61. The van der Waals surface area contributed by atoms with Gasteiger partial charge in [-0.1, -0.05) is 60.7 Å². The average Bonchev–Trinajstić information content (AvgIpc) is 2.69. The Kier molecular flexibility index (Phi) is 4.05. The van der Waals surface area contributed by atoms with E-state index in [9.17, 15) is 4.79 Å². The number of Topliss-reactive ketones (excluding diaryl/α,β-unsaturated/α-hetero) is 1. The first-order valence-electron chi connectivity index (χ1n) is 8.22. The molecule has 0 spiro atoms. The second kappa shape index (κ2) is 6.65. The van der Waals surface area contributed by atoms with E-state index in [1.807, 2.05) is 54.7 Å². The van der Waals surface area contributed by atoms with Crippen molar-refractivity contribution in [1.82, 2.24) is 4.98 Å². The second-order valence-electron chi connectivity index (χ2n) is 5.97. The molecule has 0 unspecified atom stereocenters. The quantitative estimate of drug-likeness (QED) is 0.419. The summed E-state index contributed by atoms with van der Waals surface area (Å²) in [4.78, 5) is 16.8. The molecule has 3 aromatic carbocycles. The Morgan fingerprint density at radius 3 is 2.36 bits per heavy atom. The lowest BCUT2D eigenvalue weighted by atomic mass is 10.1. The molecule has 0 N–H and O–H groups in total. The lowest BCUT2D eigenvalue weighted by molar-refractivity contribution is -0.686. The van der Waals surface area contributed by atoms with Crippen LogP contribution in [0, 0.1) is 0 Å². The minimum Gasteiger partial charge on any atom is -0.290 e. The van der Waals surface area contributed by atoms with Gasteiger partial charge in [-0.3, -0.25) is 4.79 Å². The SMILES string of the molecule is O=C(C[n+]1ccc(-c2ccc3ccccc3c2)nc1)c1ccccc1. The van der Waals surface area contributed by atoms with Crippen LogP contribution in [0.15, 0.2) is 91.4 Å². The summed E-state index contributed by atoms with van der Waals surface area (Å²) < 4.78 is 1.81. The summed E-state index contributed by atoms with van der Waals surface area (Å²) in [5.41, 5.74) is 2.68. The van der Waals surface area contributed by atoms with E-state index in [1.54, 1.807) is 10.9 Å². The highest BCUT2D eigenvalue weighted by Crippen LogP contribution is 2.22. The summed E-state index contributed by atoms with van der Waals surface area (Å²) >= 11 is 0. The summed E-state index contributed by atoms with van der Waals surface area (Å²) in [5, 5.41) is 2.41. The van der Waals surface area contributed by atoms with Crippen molar-refractivity contribution in [3.63, 3.8) is 0 Å². The second-order valence-corrected chi connectivity index (χ2v) is 5.97. The van der Waals surface area contributed by atoms with Gasteiger partial charge in [-0.2, -0.15) is 0 Å². The van der Waals surface area contributed by atoms with Crippen LogP contribution in [0.3, 0.4) is 0 Å². The van der Waals surface area contributed by atoms with Crippen molar-refractivity contribution in [2.45, 2.75) is 6.54 Å². The van der Waals surface area contributed by atoms with Crippen molar-refractivity contribution in [2.24, 2.45) is 0 Å². The molecule has 1 heterocycles. The first-order chi connectivity index (χ1) is 12.3. The zero-order valence-corrected chi connectivity index (χ0v) is 13.7. The van der Waals surface area contributed by atoms with Crippen molar-refractivity contribution in [3.8, 4) is 11.3 Å². The molecule has 3 nitrogen and oxygen atoms in total. The van der Waals surface area contributed by atoms with Crippen molar-refractivity contribution < 1.29 is 9.36 Å². The minimum absolute atomic E-state index is 0.0749. The van der Waals surface area contributed by atoms with Gasteiger partial charge in [0.1, 0.15) is 0 Å². The van der Waals surface area contributed by atoms with Gasteiger partial charge < -0.3 is 0 Å². The smallest absolute Gasteiger partial charge is 0.287 e. The summed E-state index contributed by atoms with van der Waals surface area (Å²) in [6.45, 7) is 0.287. The van der Waals surface area contributed by atoms with Crippen LogP contribution >= 0.6 is 0 Å². The number of hydrogen-bond donors (Lipinski definition) is 0. The van der Waals surface area contributed by atoms with Crippen molar-refractivity contribution >= 4 is 16.6 Å². The number of nitrogens with zero attached hydrogens (tertiary/aromatic N) is 2. The van der Waals surface area contributed by atoms with E-state index in [-0.39, 0.29) is 12.3 Å². The molecule has 120 valence electrons. The van der Waals surface area contributed by atoms with E-state index in [0.717, 1.165) is 11.3 Å². The molecule has 0 radical (unpaired) electrons. The van der Waals surface area contributed by atoms with Crippen LogP contribution in [0.1, 0.15) is 10.4 Å². The van der Waals surface area contributed by atoms with Crippen LogP contribution in [0.25, 0.3) is 22.0 Å². The van der Waals surface area contributed by atoms with Crippen molar-refractivity contribution in [3.05, 3.63) is 97.0 Å². The lowest BCUT2D eigenvalue weighted by Gasteiger charge is -2.02. The standard InChI is InChI=1S/C22H17N2O/c25-22(18-7-2-1-3-8-18)15-24-13-12-21(23-16-24)20-11-10-17-6-4-5-9-19(17)14-20/h1-14,16H,15H2/q+1. The lowest BCUT2D eigenvalue weighted by Crippen LogP contribution is -2.37. The Bertz CT molecular complexity index is 1020. The fourth-order valence-corrected chi connectivity index (χ4v) is 2.88. The Labute approximate surface area is 146 Å². The van der Waals surface area contributed by atoms with Gasteiger partial charge in [0.05, 0.1) is 6.20 Å². The van der Waals surface area contributed by atoms with Gasteiger partial charge in [-0.25, -0.2) is 4.57 Å². The van der Waals surface area contributed by atoms with E-state index >= 15 is 0 Å². The fraction of sp³-hybridized carbons (Fsp3) is 0.0455. The number of hydrogen-bond acceptors (Lipinski definition) is 2. The molecule has 0 saturated carbocycles. The van der Waals surface area contributed by atoms with Crippen LogP contribution in [-0.2, 0) is 6.54 Å². The molecule has 3 heteroatoms. The molecule has 0 saturated heterocycles. The molecule has 0 amide bonds. The van der Waals surface area contributed by atoms with Crippen LogP contribution in [-0.4, -0.2) is 10.8 Å². The summed E-state index contributed by atoms with van der Waals surface area (Å²) in [7, 11) is 0. The van der Waals surface area contributed by atoms with Crippen molar-refractivity contribution in [1.29, 1.82) is 0 Å². The van der Waals surface area contributed by atoms with Crippen LogP contribution < -0.4 is 4.57 Å². The van der Waals surface area contributed by atoms with Crippen molar-refractivity contribution in [2.75, 3.05) is 0 Å². The van der Waals surface area contributed by atoms with E-state index in [4.69, 9.17) is 0 Å². The van der Waals surface area contributed by atoms with E-state index in [0.29, 0.717) is 5.56 Å². The molecule has 0 fully saturated rings. The highest BCUT2D eigenvalue weighted by molar-refractivity contribution is 5.95. The molecule has 1 aromatic heterocycles. The first kappa shape index (κ1) is 15.2. The molecule has 0 aliphatic rings. The minimum atomic E-state index is 0.0749. The monoisotopic (exact) mass is 325 g/mol. The number of rotatable bonds is 4. The number of carbonyl (C=O) groups is 1. The highest BCUT2D eigenvalue weighted by Gasteiger charge is 2.11. The molecule has 0 atom stereocenters. The zero-order chi connectivity index (χ0) is 17.1. The normalized spacial score (nSPS) is 10.7. The molecule has 25 heavy (non-hydrogen) atoms. The maximum atomic E-state index is 12.3. The number of fused-ring (bicyclic) bond motifs is 1. The van der Waals surface area contributed by atoms with E-state index in [1.165, 1.54) is 10.8 Å². The Morgan fingerprint density at radius 2 is 1.60 bits per heavy atom. The molecule has 0 bridgehead atoms. The third kappa shape index (κ3) is 3.31. The first-order valence-corrected chi connectivity index (χ1v) is 8.22. The third-order valence-corrected chi connectivity index (χ3v) is 4.24. The van der Waals surface area contributed by atoms with E-state index < -0.39 is 0 Å². The summed E-state index contributed by atoms with van der Waals surface area (Å²) in [5.74, 6) is 0.0749. The number of ketones is 1. The van der Waals surface area contributed by atoms with Crippen LogP contribution in [0.4, 0.5) is 0 Å².